The fourth-order valence-electron chi connectivity index (χ4n) is 2.51. The zero-order chi connectivity index (χ0) is 15.1. The number of aliphatic hydroxyl groups excluding tert-OH is 1. The highest BCUT2D eigenvalue weighted by Crippen LogP contribution is 2.28. The van der Waals surface area contributed by atoms with Crippen molar-refractivity contribution >= 4 is 15.9 Å². The lowest BCUT2D eigenvalue weighted by Gasteiger charge is -2.31. The molecule has 1 unspecified atom stereocenters. The number of aliphatic hydroxyl groups is 1. The zero-order valence-corrected chi connectivity index (χ0v) is 13.5. The van der Waals surface area contributed by atoms with Crippen LogP contribution in [0.15, 0.2) is 59.1 Å². The van der Waals surface area contributed by atoms with E-state index in [4.69, 9.17) is 5.73 Å². The summed E-state index contributed by atoms with van der Waals surface area (Å²) in [6, 6.07) is 18.5. The molecule has 0 amide bonds. The van der Waals surface area contributed by atoms with Crippen LogP contribution < -0.4 is 5.73 Å². The maximum absolute atomic E-state index is 9.38. The molecule has 0 aliphatic heterocycles. The molecule has 21 heavy (non-hydrogen) atoms. The maximum Gasteiger partial charge on any atom is 0.0558 e. The number of hydrogen-bond donors (Lipinski definition) is 2. The molecule has 0 spiro atoms. The van der Waals surface area contributed by atoms with Crippen molar-refractivity contribution in [2.24, 2.45) is 5.73 Å². The van der Waals surface area contributed by atoms with Gasteiger partial charge in [-0.05, 0) is 17.2 Å². The minimum Gasteiger partial charge on any atom is -0.395 e. The van der Waals surface area contributed by atoms with Crippen LogP contribution in [0.2, 0.25) is 0 Å². The largest absolute Gasteiger partial charge is 0.395 e. The fraction of sp³-hybridized carbons (Fsp3) is 0.294. The Labute approximate surface area is 134 Å². The van der Waals surface area contributed by atoms with E-state index in [9.17, 15) is 5.11 Å². The van der Waals surface area contributed by atoms with Gasteiger partial charge in [-0.3, -0.25) is 4.90 Å². The van der Waals surface area contributed by atoms with Gasteiger partial charge in [-0.1, -0.05) is 64.5 Å². The fourth-order valence-corrected chi connectivity index (χ4v) is 3.06. The lowest BCUT2D eigenvalue weighted by molar-refractivity contribution is 0.146. The highest BCUT2D eigenvalue weighted by Gasteiger charge is 2.20. The molecule has 0 fully saturated rings. The second-order valence-electron chi connectivity index (χ2n) is 4.95. The van der Waals surface area contributed by atoms with Crippen LogP contribution in [0.25, 0.3) is 0 Å². The predicted octanol–water partition coefficient (Wildman–Crippen LogP) is 2.94. The molecule has 0 heterocycles. The monoisotopic (exact) mass is 348 g/mol. The molecule has 0 aliphatic rings. The minimum atomic E-state index is 0.0768. The standard InChI is InChI=1S/C17H21BrN2O/c18-16-9-5-4-8-15(16)17(12-19)20(10-11-21)13-14-6-2-1-3-7-14/h1-9,17,21H,10-13,19H2. The first-order valence-electron chi connectivity index (χ1n) is 7.09. The molecule has 112 valence electrons. The first kappa shape index (κ1) is 16.2. The van der Waals surface area contributed by atoms with Crippen molar-refractivity contribution in [1.29, 1.82) is 0 Å². The minimum absolute atomic E-state index is 0.0768. The molecule has 3 N–H and O–H groups in total. The van der Waals surface area contributed by atoms with Crippen molar-refractivity contribution in [3.05, 3.63) is 70.2 Å². The van der Waals surface area contributed by atoms with Crippen LogP contribution in [0.4, 0.5) is 0 Å². The van der Waals surface area contributed by atoms with Crippen LogP contribution >= 0.6 is 15.9 Å². The molecule has 1 atom stereocenters. The van der Waals surface area contributed by atoms with Gasteiger partial charge in [0.15, 0.2) is 0 Å². The highest BCUT2D eigenvalue weighted by atomic mass is 79.9. The number of halogens is 1. The summed E-state index contributed by atoms with van der Waals surface area (Å²) >= 11 is 3.60. The van der Waals surface area contributed by atoms with Gasteiger partial charge in [0.25, 0.3) is 0 Å². The van der Waals surface area contributed by atoms with Gasteiger partial charge in [-0.25, -0.2) is 0 Å². The third-order valence-electron chi connectivity index (χ3n) is 3.54. The van der Waals surface area contributed by atoms with Gasteiger partial charge in [-0.15, -0.1) is 0 Å². The third-order valence-corrected chi connectivity index (χ3v) is 4.27. The molecule has 0 radical (unpaired) electrons. The predicted molar refractivity (Wildman–Crippen MR) is 89.9 cm³/mol. The Hall–Kier alpha value is -1.20. The molecule has 0 saturated carbocycles. The second-order valence-corrected chi connectivity index (χ2v) is 5.81. The number of rotatable bonds is 7. The van der Waals surface area contributed by atoms with Crippen molar-refractivity contribution in [2.75, 3.05) is 19.7 Å². The van der Waals surface area contributed by atoms with E-state index < -0.39 is 0 Å². The third kappa shape index (κ3) is 4.38. The van der Waals surface area contributed by atoms with Crippen LogP contribution in [0.3, 0.4) is 0 Å². The molecular formula is C17H21BrN2O. The summed E-state index contributed by atoms with van der Waals surface area (Å²) in [6.07, 6.45) is 0. The van der Waals surface area contributed by atoms with Crippen LogP contribution in [-0.4, -0.2) is 29.7 Å². The summed E-state index contributed by atoms with van der Waals surface area (Å²) in [7, 11) is 0. The molecule has 3 nitrogen and oxygen atoms in total. The highest BCUT2D eigenvalue weighted by molar-refractivity contribution is 9.10. The van der Waals surface area contributed by atoms with Crippen LogP contribution in [0.5, 0.6) is 0 Å². The maximum atomic E-state index is 9.38. The summed E-state index contributed by atoms with van der Waals surface area (Å²) in [6.45, 7) is 1.99. The molecule has 2 aromatic rings. The Morgan fingerprint density at radius 3 is 2.33 bits per heavy atom. The van der Waals surface area contributed by atoms with Gasteiger partial charge in [0, 0.05) is 30.1 Å². The van der Waals surface area contributed by atoms with E-state index in [0.29, 0.717) is 13.1 Å². The van der Waals surface area contributed by atoms with E-state index in [0.717, 1.165) is 16.6 Å². The van der Waals surface area contributed by atoms with Crippen molar-refractivity contribution in [1.82, 2.24) is 4.90 Å². The van der Waals surface area contributed by atoms with E-state index in [1.165, 1.54) is 5.56 Å². The Morgan fingerprint density at radius 2 is 1.71 bits per heavy atom. The van der Waals surface area contributed by atoms with Crippen molar-refractivity contribution in [2.45, 2.75) is 12.6 Å². The smallest absolute Gasteiger partial charge is 0.0558 e. The average molecular weight is 349 g/mol. The van der Waals surface area contributed by atoms with E-state index >= 15 is 0 Å². The number of nitrogens with two attached hydrogens (primary N) is 1. The summed E-state index contributed by atoms with van der Waals surface area (Å²) in [5, 5.41) is 9.38. The van der Waals surface area contributed by atoms with Gasteiger partial charge in [0.2, 0.25) is 0 Å². The Morgan fingerprint density at radius 1 is 1.05 bits per heavy atom. The molecule has 4 heteroatoms. The molecule has 2 aromatic carbocycles. The van der Waals surface area contributed by atoms with Crippen LogP contribution in [0.1, 0.15) is 17.2 Å². The van der Waals surface area contributed by atoms with Crippen LogP contribution in [-0.2, 0) is 6.54 Å². The molecule has 0 saturated heterocycles. The first-order valence-corrected chi connectivity index (χ1v) is 7.89. The summed E-state index contributed by atoms with van der Waals surface area (Å²) in [4.78, 5) is 2.22. The van der Waals surface area contributed by atoms with Crippen LogP contribution in [0, 0.1) is 0 Å². The second kappa shape index (κ2) is 8.29. The quantitative estimate of drug-likeness (QED) is 0.808. The molecule has 0 aliphatic carbocycles. The normalized spacial score (nSPS) is 12.6. The lowest BCUT2D eigenvalue weighted by Crippen LogP contribution is -2.35. The Bertz CT molecular complexity index is 547. The van der Waals surface area contributed by atoms with Gasteiger partial charge in [-0.2, -0.15) is 0 Å². The summed E-state index contributed by atoms with van der Waals surface area (Å²) in [5.74, 6) is 0. The van der Waals surface area contributed by atoms with E-state index in [1.807, 2.05) is 36.4 Å². The van der Waals surface area contributed by atoms with Gasteiger partial charge in [0.05, 0.1) is 6.61 Å². The van der Waals surface area contributed by atoms with Gasteiger partial charge < -0.3 is 10.8 Å². The van der Waals surface area contributed by atoms with Crippen molar-refractivity contribution in [3.63, 3.8) is 0 Å². The average Bonchev–Trinajstić information content (AvgIpc) is 2.51. The molecule has 0 bridgehead atoms. The van der Waals surface area contributed by atoms with Crippen molar-refractivity contribution < 1.29 is 5.11 Å². The number of nitrogens with zero attached hydrogens (tertiary/aromatic N) is 1. The topological polar surface area (TPSA) is 49.5 Å². The van der Waals surface area contributed by atoms with E-state index in [-0.39, 0.29) is 12.6 Å². The first-order chi connectivity index (χ1) is 10.3. The molecule has 2 rings (SSSR count). The Balaban J connectivity index is 2.24. The Kier molecular flexibility index (Phi) is 6.39. The zero-order valence-electron chi connectivity index (χ0n) is 12.0. The number of hydrogen-bond acceptors (Lipinski definition) is 3. The molecular weight excluding hydrogens is 328 g/mol. The SMILES string of the molecule is NCC(c1ccccc1Br)N(CCO)Cc1ccccc1. The summed E-state index contributed by atoms with van der Waals surface area (Å²) in [5.41, 5.74) is 8.39. The van der Waals surface area contributed by atoms with Gasteiger partial charge in [0.1, 0.15) is 0 Å². The number of benzene rings is 2. The molecule has 0 aromatic heterocycles. The van der Waals surface area contributed by atoms with Gasteiger partial charge >= 0.3 is 0 Å². The summed E-state index contributed by atoms with van der Waals surface area (Å²) < 4.78 is 1.05. The lowest BCUT2D eigenvalue weighted by atomic mass is 10.0. The van der Waals surface area contributed by atoms with E-state index in [1.54, 1.807) is 0 Å². The van der Waals surface area contributed by atoms with E-state index in [2.05, 4.69) is 39.0 Å². The van der Waals surface area contributed by atoms with Crippen molar-refractivity contribution in [3.8, 4) is 0 Å².